The smallest absolute Gasteiger partial charge is 0.112 e. The van der Waals surface area contributed by atoms with Crippen molar-refractivity contribution in [3.63, 3.8) is 0 Å². The minimum atomic E-state index is -0.891. The number of nitrogens with one attached hydrogen (secondary N) is 1. The van der Waals surface area contributed by atoms with E-state index in [4.69, 9.17) is 11.6 Å². The minimum Gasteiger partial charge on any atom is -0.379 e. The summed E-state index contributed by atoms with van der Waals surface area (Å²) in [6.07, 6.45) is 5.24. The van der Waals surface area contributed by atoms with E-state index >= 15 is 0 Å². The maximum absolute atomic E-state index is 11.4. The Balaban J connectivity index is 1.68. The van der Waals surface area contributed by atoms with Gasteiger partial charge in [-0.05, 0) is 43.0 Å². The zero-order chi connectivity index (χ0) is 14.8. The summed E-state index contributed by atoms with van der Waals surface area (Å²) in [5, 5.41) is 5.19. The largest absolute Gasteiger partial charge is 0.379 e. The highest BCUT2D eigenvalue weighted by atomic mass is 35.5. The second-order valence-corrected chi connectivity index (χ2v) is 8.22. The van der Waals surface area contributed by atoms with Crippen LogP contribution in [0.15, 0.2) is 18.2 Å². The van der Waals surface area contributed by atoms with Gasteiger partial charge in [-0.25, -0.2) is 4.98 Å². The highest BCUT2D eigenvalue weighted by Gasteiger charge is 2.16. The van der Waals surface area contributed by atoms with Crippen molar-refractivity contribution in [2.45, 2.75) is 31.6 Å². The molecule has 0 amide bonds. The predicted octanol–water partition coefficient (Wildman–Crippen LogP) is 3.78. The zero-order valence-electron chi connectivity index (χ0n) is 11.8. The van der Waals surface area contributed by atoms with Crippen molar-refractivity contribution >= 4 is 39.4 Å². The molecule has 1 N–H and O–H groups in total. The number of fused-ring (bicyclic) bond motifs is 1. The first kappa shape index (κ1) is 15.0. The molecule has 3 rings (SSSR count). The average Bonchev–Trinajstić information content (AvgIpc) is 3.00. The summed E-state index contributed by atoms with van der Waals surface area (Å²) in [4.78, 5) is 6.12. The Morgan fingerprint density at radius 1 is 1.43 bits per heavy atom. The number of halogens is 1. The van der Waals surface area contributed by atoms with Crippen molar-refractivity contribution in [1.82, 2.24) is 4.98 Å². The predicted molar refractivity (Wildman–Crippen MR) is 90.7 cm³/mol. The summed E-state index contributed by atoms with van der Waals surface area (Å²) in [7, 11) is -0.891. The summed E-state index contributed by atoms with van der Waals surface area (Å²) in [6.45, 7) is 0.730. The van der Waals surface area contributed by atoms with Gasteiger partial charge in [0.2, 0.25) is 0 Å². The van der Waals surface area contributed by atoms with Crippen LogP contribution in [0.3, 0.4) is 0 Å². The van der Waals surface area contributed by atoms with Gasteiger partial charge in [-0.15, -0.1) is 11.3 Å². The third-order valence-electron chi connectivity index (χ3n) is 3.49. The van der Waals surface area contributed by atoms with Crippen LogP contribution in [-0.2, 0) is 35.9 Å². The van der Waals surface area contributed by atoms with Gasteiger partial charge in [-0.3, -0.25) is 4.21 Å². The monoisotopic (exact) mass is 340 g/mol. The topological polar surface area (TPSA) is 42.0 Å². The molecule has 1 aliphatic rings. The van der Waals surface area contributed by atoms with Crippen LogP contribution >= 0.6 is 22.9 Å². The number of benzene rings is 1. The molecule has 1 aromatic heterocycles. The zero-order valence-corrected chi connectivity index (χ0v) is 14.2. The number of anilines is 1. The minimum absolute atomic E-state index is 0.486. The van der Waals surface area contributed by atoms with Crippen molar-refractivity contribution in [3.05, 3.63) is 44.4 Å². The van der Waals surface area contributed by atoms with Crippen LogP contribution in [0.5, 0.6) is 0 Å². The van der Waals surface area contributed by atoms with Crippen LogP contribution in [0, 0.1) is 0 Å². The maximum atomic E-state index is 11.4. The Kier molecular flexibility index (Phi) is 4.62. The third kappa shape index (κ3) is 3.65. The molecule has 1 atom stereocenters. The lowest BCUT2D eigenvalue weighted by Gasteiger charge is -2.08. The van der Waals surface area contributed by atoms with Gasteiger partial charge in [0.25, 0.3) is 0 Å². The molecule has 3 nitrogen and oxygen atoms in total. The molecule has 6 heteroatoms. The van der Waals surface area contributed by atoms with E-state index in [0.717, 1.165) is 29.2 Å². The standard InChI is InChI=1S/C15H17ClN2OS2/c1-21(19)9-10-7-11(5-6-12(10)16)17-8-15-18-13-3-2-4-14(13)20-15/h5-7,17H,2-4,8-9H2,1H3/t21-/m1/s1. The van der Waals surface area contributed by atoms with Crippen molar-refractivity contribution in [3.8, 4) is 0 Å². The highest BCUT2D eigenvalue weighted by Crippen LogP contribution is 2.28. The Labute approximate surface area is 136 Å². The van der Waals surface area contributed by atoms with E-state index in [1.165, 1.54) is 23.4 Å². The van der Waals surface area contributed by atoms with E-state index < -0.39 is 10.8 Å². The second-order valence-electron chi connectivity index (χ2n) is 5.21. The van der Waals surface area contributed by atoms with E-state index in [1.54, 1.807) is 6.26 Å². The molecule has 1 aromatic carbocycles. The summed E-state index contributed by atoms with van der Waals surface area (Å²) in [5.74, 6) is 0.486. The molecule has 0 bridgehead atoms. The first-order valence-electron chi connectivity index (χ1n) is 6.91. The maximum Gasteiger partial charge on any atom is 0.112 e. The van der Waals surface area contributed by atoms with Crippen LogP contribution < -0.4 is 5.32 Å². The van der Waals surface area contributed by atoms with Crippen LogP contribution in [0.1, 0.15) is 27.6 Å². The molecule has 0 fully saturated rings. The Morgan fingerprint density at radius 2 is 2.29 bits per heavy atom. The normalized spacial score (nSPS) is 15.0. The van der Waals surface area contributed by atoms with Crippen LogP contribution in [0.2, 0.25) is 5.02 Å². The summed E-state index contributed by atoms with van der Waals surface area (Å²) < 4.78 is 11.4. The molecule has 112 valence electrons. The van der Waals surface area contributed by atoms with Gasteiger partial charge < -0.3 is 5.32 Å². The fourth-order valence-corrected chi connectivity index (χ4v) is 4.55. The van der Waals surface area contributed by atoms with Crippen molar-refractivity contribution in [2.75, 3.05) is 11.6 Å². The number of hydrogen-bond donors (Lipinski definition) is 1. The number of aromatic nitrogens is 1. The van der Waals surface area contributed by atoms with E-state index in [9.17, 15) is 4.21 Å². The molecule has 1 aliphatic carbocycles. The molecule has 1 heterocycles. The van der Waals surface area contributed by atoms with E-state index in [2.05, 4.69) is 10.3 Å². The lowest BCUT2D eigenvalue weighted by molar-refractivity contribution is 0.686. The third-order valence-corrected chi connectivity index (χ3v) is 5.73. The average molecular weight is 341 g/mol. The van der Waals surface area contributed by atoms with Gasteiger partial charge in [0.05, 0.1) is 12.2 Å². The molecule has 0 unspecified atom stereocenters. The number of thiazole rings is 1. The molecule has 0 saturated carbocycles. The first-order chi connectivity index (χ1) is 10.1. The Morgan fingerprint density at radius 3 is 3.05 bits per heavy atom. The molecule has 0 spiro atoms. The Hall–Kier alpha value is -0.910. The van der Waals surface area contributed by atoms with Gasteiger partial charge in [0.1, 0.15) is 5.01 Å². The van der Waals surface area contributed by atoms with Crippen LogP contribution in [0.25, 0.3) is 0 Å². The summed E-state index contributed by atoms with van der Waals surface area (Å²) >= 11 is 7.95. The van der Waals surface area contributed by atoms with Crippen LogP contribution in [0.4, 0.5) is 5.69 Å². The molecular weight excluding hydrogens is 324 g/mol. The van der Waals surface area contributed by atoms with Gasteiger partial charge in [-0.2, -0.15) is 0 Å². The van der Waals surface area contributed by atoms with Crippen LogP contribution in [-0.4, -0.2) is 15.4 Å². The fourth-order valence-electron chi connectivity index (χ4n) is 2.51. The summed E-state index contributed by atoms with van der Waals surface area (Å²) in [5.41, 5.74) is 3.20. The number of aryl methyl sites for hydroxylation is 2. The van der Waals surface area contributed by atoms with Gasteiger partial charge >= 0.3 is 0 Å². The lowest BCUT2D eigenvalue weighted by Crippen LogP contribution is -2.01. The Bertz CT molecular complexity index is 663. The fraction of sp³-hybridized carbons (Fsp3) is 0.400. The first-order valence-corrected chi connectivity index (χ1v) is 9.84. The molecule has 21 heavy (non-hydrogen) atoms. The number of hydrogen-bond acceptors (Lipinski definition) is 4. The highest BCUT2D eigenvalue weighted by molar-refractivity contribution is 7.83. The lowest BCUT2D eigenvalue weighted by atomic mass is 10.2. The molecule has 0 aliphatic heterocycles. The van der Waals surface area contributed by atoms with E-state index in [-0.39, 0.29) is 0 Å². The number of rotatable bonds is 5. The van der Waals surface area contributed by atoms with Crippen molar-refractivity contribution in [1.29, 1.82) is 0 Å². The molecule has 0 saturated heterocycles. The number of nitrogens with zero attached hydrogens (tertiary/aromatic N) is 1. The quantitative estimate of drug-likeness (QED) is 0.900. The summed E-state index contributed by atoms with van der Waals surface area (Å²) in [6, 6.07) is 5.78. The molecule has 2 aromatic rings. The van der Waals surface area contributed by atoms with Crippen molar-refractivity contribution < 1.29 is 4.21 Å². The van der Waals surface area contributed by atoms with Gasteiger partial charge in [0.15, 0.2) is 0 Å². The van der Waals surface area contributed by atoms with E-state index in [1.807, 2.05) is 29.5 Å². The molecule has 0 radical (unpaired) electrons. The second kappa shape index (κ2) is 6.46. The van der Waals surface area contributed by atoms with E-state index in [0.29, 0.717) is 10.8 Å². The van der Waals surface area contributed by atoms with Gasteiger partial charge in [0, 0.05) is 38.4 Å². The van der Waals surface area contributed by atoms with Crippen molar-refractivity contribution in [2.24, 2.45) is 0 Å². The SMILES string of the molecule is C[S@@](=O)Cc1cc(NCc2nc3c(s2)CCC3)ccc1Cl. The van der Waals surface area contributed by atoms with Gasteiger partial charge in [-0.1, -0.05) is 11.6 Å². The molecular formula is C15H17ClN2OS2.